The van der Waals surface area contributed by atoms with Gasteiger partial charge in [0.2, 0.25) is 0 Å². The minimum absolute atomic E-state index is 0.00911. The number of hydrogen-bond acceptors (Lipinski definition) is 6. The van der Waals surface area contributed by atoms with E-state index >= 15 is 0 Å². The Bertz CT molecular complexity index is 622. The molecule has 24 heavy (non-hydrogen) atoms. The maximum atomic E-state index is 10.9. The highest BCUT2D eigenvalue weighted by atomic mass is 79.9. The van der Waals surface area contributed by atoms with Crippen LogP contribution in [-0.4, -0.2) is 60.5 Å². The molecule has 0 unspecified atom stereocenters. The first-order valence-electron chi connectivity index (χ1n) is 7.37. The second kappa shape index (κ2) is 9.62. The smallest absolute Gasteiger partial charge is 0.284 e. The lowest BCUT2D eigenvalue weighted by Gasteiger charge is -2.26. The number of thiocarbonyl (C=S) groups is 1. The number of morpholine rings is 1. The maximum Gasteiger partial charge on any atom is 0.284 e. The number of hydrazone groups is 1. The van der Waals surface area contributed by atoms with E-state index in [4.69, 9.17) is 17.0 Å². The Labute approximate surface area is 153 Å². The van der Waals surface area contributed by atoms with Crippen molar-refractivity contribution in [3.8, 4) is 0 Å². The Morgan fingerprint density at radius 1 is 1.50 bits per heavy atom. The fourth-order valence-electron chi connectivity index (χ4n) is 2.11. The molecule has 0 spiro atoms. The molecule has 1 aromatic rings. The Morgan fingerprint density at radius 3 is 2.96 bits per heavy atom. The van der Waals surface area contributed by atoms with Gasteiger partial charge in [0.15, 0.2) is 5.11 Å². The lowest BCUT2D eigenvalue weighted by Crippen LogP contribution is -2.42. The van der Waals surface area contributed by atoms with E-state index in [1.807, 2.05) is 0 Å². The molecule has 1 aliphatic rings. The van der Waals surface area contributed by atoms with Crippen LogP contribution >= 0.6 is 28.1 Å². The second-order valence-electron chi connectivity index (χ2n) is 5.05. The van der Waals surface area contributed by atoms with Crippen LogP contribution < -0.4 is 10.7 Å². The lowest BCUT2D eigenvalue weighted by atomic mass is 10.2. The molecule has 1 aliphatic heterocycles. The summed E-state index contributed by atoms with van der Waals surface area (Å²) in [6, 6.07) is 4.76. The molecule has 1 fully saturated rings. The van der Waals surface area contributed by atoms with E-state index in [2.05, 4.69) is 36.7 Å². The zero-order valence-electron chi connectivity index (χ0n) is 12.9. The molecular weight excluding hydrogens is 398 g/mol. The summed E-state index contributed by atoms with van der Waals surface area (Å²) < 4.78 is 5.72. The molecule has 0 bridgehead atoms. The molecule has 2 rings (SSSR count). The van der Waals surface area contributed by atoms with Crippen LogP contribution in [-0.2, 0) is 4.74 Å². The summed E-state index contributed by atoms with van der Waals surface area (Å²) in [5, 5.41) is 18.3. The van der Waals surface area contributed by atoms with Gasteiger partial charge in [-0.15, -0.1) is 0 Å². The van der Waals surface area contributed by atoms with E-state index in [-0.39, 0.29) is 5.69 Å². The molecule has 0 atom stereocenters. The molecule has 0 radical (unpaired) electrons. The zero-order valence-corrected chi connectivity index (χ0v) is 15.3. The Morgan fingerprint density at radius 2 is 2.25 bits per heavy atom. The Balaban J connectivity index is 1.73. The number of hydrogen-bond donors (Lipinski definition) is 2. The summed E-state index contributed by atoms with van der Waals surface area (Å²) in [5.74, 6) is 0. The number of ether oxygens (including phenoxy) is 1. The normalized spacial score (nSPS) is 15.4. The molecule has 1 saturated heterocycles. The van der Waals surface area contributed by atoms with Crippen molar-refractivity contribution in [2.75, 3.05) is 39.4 Å². The van der Waals surface area contributed by atoms with Crippen LogP contribution in [0.4, 0.5) is 5.69 Å². The zero-order chi connectivity index (χ0) is 17.4. The molecule has 1 aromatic carbocycles. The van der Waals surface area contributed by atoms with Crippen LogP contribution in [0.3, 0.4) is 0 Å². The molecule has 0 saturated carbocycles. The molecule has 2 N–H and O–H groups in total. The first kappa shape index (κ1) is 18.7. The summed E-state index contributed by atoms with van der Waals surface area (Å²) in [7, 11) is 0. The fraction of sp³-hybridized carbons (Fsp3) is 0.429. The molecule has 130 valence electrons. The van der Waals surface area contributed by atoms with Gasteiger partial charge in [-0.1, -0.05) is 6.07 Å². The summed E-state index contributed by atoms with van der Waals surface area (Å²) in [6.45, 7) is 5.00. The highest BCUT2D eigenvalue weighted by Gasteiger charge is 2.11. The molecule has 0 amide bonds. The van der Waals surface area contributed by atoms with Crippen LogP contribution in [0.25, 0.3) is 0 Å². The van der Waals surface area contributed by atoms with Crippen molar-refractivity contribution < 1.29 is 9.66 Å². The number of benzene rings is 1. The van der Waals surface area contributed by atoms with Gasteiger partial charge in [0.05, 0.1) is 28.8 Å². The molecular formula is C14H18BrN5O3S. The number of nitrogens with one attached hydrogen (secondary N) is 2. The first-order chi connectivity index (χ1) is 11.6. The summed E-state index contributed by atoms with van der Waals surface area (Å²) in [4.78, 5) is 12.7. The number of nitro benzene ring substituents is 1. The summed E-state index contributed by atoms with van der Waals surface area (Å²) in [6.07, 6.45) is 1.48. The van der Waals surface area contributed by atoms with Gasteiger partial charge in [0.25, 0.3) is 5.69 Å². The third-order valence-electron chi connectivity index (χ3n) is 3.36. The minimum Gasteiger partial charge on any atom is -0.379 e. The van der Waals surface area contributed by atoms with Crippen LogP contribution in [0.15, 0.2) is 27.8 Å². The van der Waals surface area contributed by atoms with Crippen LogP contribution in [0, 0.1) is 10.1 Å². The van der Waals surface area contributed by atoms with E-state index in [9.17, 15) is 10.1 Å². The topological polar surface area (TPSA) is 92.0 Å². The number of rotatable bonds is 6. The Hall–Kier alpha value is -1.62. The molecule has 0 aromatic heterocycles. The van der Waals surface area contributed by atoms with Gasteiger partial charge in [0.1, 0.15) is 0 Å². The molecule has 8 nitrogen and oxygen atoms in total. The van der Waals surface area contributed by atoms with Gasteiger partial charge in [-0.3, -0.25) is 20.4 Å². The van der Waals surface area contributed by atoms with E-state index in [0.717, 1.165) is 32.8 Å². The van der Waals surface area contributed by atoms with Gasteiger partial charge in [-0.25, -0.2) is 0 Å². The molecule has 0 aliphatic carbocycles. The number of nitrogens with zero attached hydrogens (tertiary/aromatic N) is 3. The van der Waals surface area contributed by atoms with Crippen LogP contribution in [0.2, 0.25) is 0 Å². The van der Waals surface area contributed by atoms with Crippen LogP contribution in [0.1, 0.15) is 5.56 Å². The number of nitro groups is 1. The van der Waals surface area contributed by atoms with Crippen molar-refractivity contribution in [3.63, 3.8) is 0 Å². The quantitative estimate of drug-likeness (QED) is 0.314. The van der Waals surface area contributed by atoms with Gasteiger partial charge in [-0.05, 0) is 34.2 Å². The minimum atomic E-state index is -0.452. The van der Waals surface area contributed by atoms with E-state index in [1.165, 1.54) is 12.3 Å². The number of halogens is 1. The van der Waals surface area contributed by atoms with Gasteiger partial charge < -0.3 is 10.1 Å². The van der Waals surface area contributed by atoms with E-state index in [1.54, 1.807) is 12.1 Å². The predicted molar refractivity (Wildman–Crippen MR) is 99.4 cm³/mol. The summed E-state index contributed by atoms with van der Waals surface area (Å²) in [5.41, 5.74) is 3.29. The molecule has 1 heterocycles. The van der Waals surface area contributed by atoms with Crippen molar-refractivity contribution in [2.24, 2.45) is 5.10 Å². The van der Waals surface area contributed by atoms with E-state index < -0.39 is 4.92 Å². The summed E-state index contributed by atoms with van der Waals surface area (Å²) >= 11 is 8.27. The van der Waals surface area contributed by atoms with Crippen molar-refractivity contribution in [2.45, 2.75) is 0 Å². The van der Waals surface area contributed by atoms with E-state index in [0.29, 0.717) is 21.7 Å². The van der Waals surface area contributed by atoms with Gasteiger partial charge in [-0.2, -0.15) is 5.10 Å². The monoisotopic (exact) mass is 415 g/mol. The average Bonchev–Trinajstić information content (AvgIpc) is 2.57. The average molecular weight is 416 g/mol. The SMILES string of the molecule is O=[N+]([O-])c1cc(/C=N\NC(=S)NCCN2CCOCC2)ccc1Br. The van der Waals surface area contributed by atoms with Crippen molar-refractivity contribution in [1.29, 1.82) is 0 Å². The highest BCUT2D eigenvalue weighted by Crippen LogP contribution is 2.24. The first-order valence-corrected chi connectivity index (χ1v) is 8.57. The largest absolute Gasteiger partial charge is 0.379 e. The highest BCUT2D eigenvalue weighted by molar-refractivity contribution is 9.10. The Kier molecular flexibility index (Phi) is 7.50. The standard InChI is InChI=1S/C14H18BrN5O3S/c15-12-2-1-11(9-13(12)20(21)22)10-17-18-14(24)16-3-4-19-5-7-23-8-6-19/h1-2,9-10H,3-8H2,(H2,16,18,24)/b17-10-. The predicted octanol–water partition coefficient (Wildman–Crippen LogP) is 1.49. The van der Waals surface area contributed by atoms with Crippen molar-refractivity contribution in [1.82, 2.24) is 15.6 Å². The van der Waals surface area contributed by atoms with Crippen molar-refractivity contribution >= 4 is 45.2 Å². The third-order valence-corrected chi connectivity index (χ3v) is 4.27. The fourth-order valence-corrected chi connectivity index (χ4v) is 2.65. The van der Waals surface area contributed by atoms with Crippen molar-refractivity contribution in [3.05, 3.63) is 38.3 Å². The van der Waals surface area contributed by atoms with Crippen LogP contribution in [0.5, 0.6) is 0 Å². The maximum absolute atomic E-state index is 10.9. The molecule has 10 heteroatoms. The second-order valence-corrected chi connectivity index (χ2v) is 6.31. The van der Waals surface area contributed by atoms with Gasteiger partial charge in [0, 0.05) is 37.8 Å². The van der Waals surface area contributed by atoms with Gasteiger partial charge >= 0.3 is 0 Å². The lowest BCUT2D eigenvalue weighted by molar-refractivity contribution is -0.385. The third kappa shape index (κ3) is 6.11.